The van der Waals surface area contributed by atoms with Gasteiger partial charge >= 0.3 is 12.1 Å². The first-order chi connectivity index (χ1) is 15.9. The molecule has 0 radical (unpaired) electrons. The number of carbonyl (C=O) groups is 2. The fourth-order valence-corrected chi connectivity index (χ4v) is 4.36. The molecule has 0 aliphatic carbocycles. The summed E-state index contributed by atoms with van der Waals surface area (Å²) in [5.41, 5.74) is 0.149. The zero-order valence-electron chi connectivity index (χ0n) is 19.2. The van der Waals surface area contributed by atoms with Crippen molar-refractivity contribution in [2.24, 2.45) is 5.41 Å². The Kier molecular flexibility index (Phi) is 8.83. The molecule has 0 unspecified atom stereocenters. The van der Waals surface area contributed by atoms with Crippen LogP contribution >= 0.6 is 11.6 Å². The Morgan fingerprint density at radius 3 is 2.31 bits per heavy atom. The van der Waals surface area contributed by atoms with Gasteiger partial charge in [0.2, 0.25) is 5.91 Å². The highest BCUT2D eigenvalue weighted by Crippen LogP contribution is 2.32. The number of nitrogens with one attached hydrogen (secondary N) is 1. The monoisotopic (exact) mass is 535 g/mol. The first-order valence-electron chi connectivity index (χ1n) is 10.3. The molecule has 0 atom stereocenters. The average Bonchev–Trinajstić information content (AvgIpc) is 2.64. The Morgan fingerprint density at radius 1 is 1.09 bits per heavy atom. The Labute approximate surface area is 206 Å². The van der Waals surface area contributed by atoms with Crippen LogP contribution in [0.15, 0.2) is 36.4 Å². The molecule has 0 aromatic heterocycles. The molecule has 0 bridgehead atoms. The molecule has 0 spiro atoms. The number of halogens is 4. The van der Waals surface area contributed by atoms with Crippen LogP contribution in [0.1, 0.15) is 31.9 Å². The number of hydrogen-bond donors (Lipinski definition) is 2. The van der Waals surface area contributed by atoms with E-state index in [-0.39, 0.29) is 40.8 Å². The van der Waals surface area contributed by atoms with Crippen LogP contribution in [0.4, 0.5) is 18.9 Å². The molecule has 7 nitrogen and oxygen atoms in total. The lowest BCUT2D eigenvalue weighted by Gasteiger charge is -2.19. The van der Waals surface area contributed by atoms with Gasteiger partial charge in [0.15, 0.2) is 9.84 Å². The van der Waals surface area contributed by atoms with Crippen molar-refractivity contribution in [2.45, 2.75) is 39.8 Å². The van der Waals surface area contributed by atoms with E-state index in [0.29, 0.717) is 11.3 Å². The summed E-state index contributed by atoms with van der Waals surface area (Å²) >= 11 is 6.04. The van der Waals surface area contributed by atoms with Gasteiger partial charge in [0.25, 0.3) is 0 Å². The molecule has 35 heavy (non-hydrogen) atoms. The normalized spacial score (nSPS) is 12.3. The largest absolute Gasteiger partial charge is 0.481 e. The smallest absolute Gasteiger partial charge is 0.402 e. The number of sulfone groups is 1. The number of alkyl halides is 3. The molecule has 0 saturated carbocycles. The number of aryl methyl sites for hydroxylation is 1. The first-order valence-corrected chi connectivity index (χ1v) is 12.5. The van der Waals surface area contributed by atoms with Gasteiger partial charge in [-0.05, 0) is 53.9 Å². The number of carboxylic acid groups (broad SMARTS) is 1. The molecular formula is C23H25ClF3NO6S. The number of carbonyl (C=O) groups excluding carboxylic acids is 1. The molecule has 0 saturated heterocycles. The van der Waals surface area contributed by atoms with E-state index in [9.17, 15) is 31.2 Å². The van der Waals surface area contributed by atoms with Crippen LogP contribution in [0.5, 0.6) is 11.5 Å². The van der Waals surface area contributed by atoms with Gasteiger partial charge < -0.3 is 15.2 Å². The fraction of sp³-hybridized carbons (Fsp3) is 0.391. The third kappa shape index (κ3) is 9.77. The second kappa shape index (κ2) is 10.9. The van der Waals surface area contributed by atoms with Crippen LogP contribution in [-0.2, 0) is 32.3 Å². The van der Waals surface area contributed by atoms with Crippen molar-refractivity contribution in [3.63, 3.8) is 0 Å². The van der Waals surface area contributed by atoms with E-state index >= 15 is 0 Å². The van der Waals surface area contributed by atoms with E-state index in [1.54, 1.807) is 20.8 Å². The Hall–Kier alpha value is -2.79. The minimum atomic E-state index is -4.87. The van der Waals surface area contributed by atoms with Crippen molar-refractivity contribution < 1.29 is 41.0 Å². The van der Waals surface area contributed by atoms with Gasteiger partial charge in [0.1, 0.15) is 17.3 Å². The summed E-state index contributed by atoms with van der Waals surface area (Å²) in [6, 6.07) is 8.63. The van der Waals surface area contributed by atoms with E-state index in [2.05, 4.69) is 5.32 Å². The number of benzene rings is 2. The average molecular weight is 536 g/mol. The van der Waals surface area contributed by atoms with Gasteiger partial charge in [-0.3, -0.25) is 9.59 Å². The Bertz CT molecular complexity index is 1210. The minimum absolute atomic E-state index is 0.115. The third-order valence-corrected chi connectivity index (χ3v) is 6.39. The fourth-order valence-electron chi connectivity index (χ4n) is 2.94. The SMILES string of the molecule is CC(C)(C)C(=O)Nc1ccc(Oc2cc(Cl)cc(CC(=O)O)c2)c(CCS(=O)(=O)CC(F)(F)F)c1. The number of rotatable bonds is 9. The molecule has 12 heteroatoms. The van der Waals surface area contributed by atoms with Crippen molar-refractivity contribution in [3.05, 3.63) is 52.5 Å². The third-order valence-electron chi connectivity index (χ3n) is 4.58. The second-order valence-electron chi connectivity index (χ2n) is 8.95. The first kappa shape index (κ1) is 28.4. The predicted octanol–water partition coefficient (Wildman–Crippen LogP) is 5.26. The number of anilines is 1. The van der Waals surface area contributed by atoms with Crippen molar-refractivity contribution in [1.29, 1.82) is 0 Å². The summed E-state index contributed by atoms with van der Waals surface area (Å²) in [6.45, 7) is 5.08. The van der Waals surface area contributed by atoms with Crippen LogP contribution in [0.3, 0.4) is 0 Å². The van der Waals surface area contributed by atoms with Gasteiger partial charge in [-0.25, -0.2) is 8.42 Å². The quantitative estimate of drug-likeness (QED) is 0.453. The summed E-state index contributed by atoms with van der Waals surface area (Å²) in [7, 11) is -4.47. The molecule has 2 N–H and O–H groups in total. The lowest BCUT2D eigenvalue weighted by atomic mass is 9.95. The van der Waals surface area contributed by atoms with E-state index < -0.39 is 38.9 Å². The maximum absolute atomic E-state index is 12.6. The van der Waals surface area contributed by atoms with Crippen LogP contribution in [-0.4, -0.2) is 43.1 Å². The van der Waals surface area contributed by atoms with Gasteiger partial charge in [-0.2, -0.15) is 13.2 Å². The van der Waals surface area contributed by atoms with Crippen molar-refractivity contribution in [2.75, 3.05) is 16.8 Å². The number of carboxylic acids is 1. The summed E-state index contributed by atoms with van der Waals surface area (Å²) in [4.78, 5) is 23.4. The topological polar surface area (TPSA) is 110 Å². The standard InChI is InChI=1S/C23H25ClF3NO6S/c1-22(2,3)21(31)28-17-4-5-19(15(11-17)6-7-35(32,33)13-23(25,26)27)34-18-9-14(10-20(29)30)8-16(24)12-18/h4-5,8-9,11-12H,6-7,10,13H2,1-3H3,(H,28,31)(H,29,30). The predicted molar refractivity (Wildman–Crippen MR) is 126 cm³/mol. The van der Waals surface area contributed by atoms with Crippen LogP contribution in [0, 0.1) is 5.41 Å². The number of hydrogen-bond acceptors (Lipinski definition) is 5. The highest BCUT2D eigenvalue weighted by atomic mass is 35.5. The molecule has 0 fully saturated rings. The molecule has 2 aromatic rings. The van der Waals surface area contributed by atoms with Gasteiger partial charge in [-0.15, -0.1) is 0 Å². The van der Waals surface area contributed by atoms with Crippen molar-refractivity contribution in [3.8, 4) is 11.5 Å². The minimum Gasteiger partial charge on any atom is -0.481 e. The highest BCUT2D eigenvalue weighted by Gasteiger charge is 2.35. The number of aliphatic carboxylic acids is 1. The molecule has 192 valence electrons. The lowest BCUT2D eigenvalue weighted by molar-refractivity contribution is -0.136. The molecule has 2 aromatic carbocycles. The van der Waals surface area contributed by atoms with Crippen LogP contribution < -0.4 is 10.1 Å². The van der Waals surface area contributed by atoms with Gasteiger partial charge in [-0.1, -0.05) is 32.4 Å². The molecule has 0 aliphatic heterocycles. The lowest BCUT2D eigenvalue weighted by Crippen LogP contribution is -2.27. The van der Waals surface area contributed by atoms with Gasteiger partial charge in [0.05, 0.1) is 12.2 Å². The van der Waals surface area contributed by atoms with Crippen LogP contribution in [0.25, 0.3) is 0 Å². The van der Waals surface area contributed by atoms with Crippen molar-refractivity contribution >= 4 is 39.0 Å². The number of ether oxygens (including phenoxy) is 1. The molecular weight excluding hydrogens is 511 g/mol. The summed E-state index contributed by atoms with van der Waals surface area (Å²) in [5, 5.41) is 11.9. The van der Waals surface area contributed by atoms with Crippen LogP contribution in [0.2, 0.25) is 5.02 Å². The zero-order valence-corrected chi connectivity index (χ0v) is 20.8. The summed E-state index contributed by atoms with van der Waals surface area (Å²) < 4.78 is 67.6. The molecule has 0 heterocycles. The van der Waals surface area contributed by atoms with Gasteiger partial charge in [0, 0.05) is 16.1 Å². The van der Waals surface area contributed by atoms with E-state index in [0.717, 1.165) is 0 Å². The Balaban J connectivity index is 2.40. The number of amides is 1. The van der Waals surface area contributed by atoms with E-state index in [1.807, 2.05) is 0 Å². The Morgan fingerprint density at radius 2 is 1.74 bits per heavy atom. The van der Waals surface area contributed by atoms with E-state index in [4.69, 9.17) is 21.4 Å². The van der Waals surface area contributed by atoms with Crippen molar-refractivity contribution in [1.82, 2.24) is 0 Å². The molecule has 0 aliphatic rings. The van der Waals surface area contributed by atoms with E-state index in [1.165, 1.54) is 36.4 Å². The maximum Gasteiger partial charge on any atom is 0.402 e. The summed E-state index contributed by atoms with van der Waals surface area (Å²) in [6.07, 6.45) is -5.52. The zero-order chi connectivity index (χ0) is 26.6. The molecule has 2 rings (SSSR count). The maximum atomic E-state index is 12.6. The highest BCUT2D eigenvalue weighted by molar-refractivity contribution is 7.91. The second-order valence-corrected chi connectivity index (χ2v) is 11.6. The summed E-state index contributed by atoms with van der Waals surface area (Å²) in [5.74, 6) is -3.91. The molecule has 1 amide bonds.